The topological polar surface area (TPSA) is 48.0 Å². The van der Waals surface area contributed by atoms with Crippen molar-refractivity contribution < 1.29 is 19.1 Å². The molecule has 0 amide bonds. The minimum Gasteiger partial charge on any atom is -0.496 e. The number of carbonyl (C=O) groups excluding carboxylic acids is 1. The van der Waals surface area contributed by atoms with Crippen molar-refractivity contribution in [1.29, 1.82) is 0 Å². The monoisotopic (exact) mass is 253 g/mol. The summed E-state index contributed by atoms with van der Waals surface area (Å²) in [7, 11) is 3.08. The van der Waals surface area contributed by atoms with Crippen LogP contribution in [0.25, 0.3) is 0 Å². The van der Waals surface area contributed by atoms with Crippen molar-refractivity contribution in [3.05, 3.63) is 17.7 Å². The van der Waals surface area contributed by atoms with E-state index in [9.17, 15) is 4.79 Å². The predicted octanol–water partition coefficient (Wildman–Crippen LogP) is 2.29. The van der Waals surface area contributed by atoms with Gasteiger partial charge in [-0.25, -0.2) is 0 Å². The molecule has 0 unspecified atom stereocenters. The van der Waals surface area contributed by atoms with Gasteiger partial charge in [0.25, 0.3) is 0 Å². The molecule has 0 aliphatic carbocycles. The Labute approximate surface area is 107 Å². The molecular formula is C13H19NO4. The number of hydroxylamine groups is 1. The van der Waals surface area contributed by atoms with Crippen molar-refractivity contribution in [2.45, 2.75) is 13.8 Å². The van der Waals surface area contributed by atoms with Gasteiger partial charge in [-0.2, -0.15) is 0 Å². The van der Waals surface area contributed by atoms with Gasteiger partial charge < -0.3 is 9.47 Å². The summed E-state index contributed by atoms with van der Waals surface area (Å²) in [4.78, 5) is 16.5. The standard InChI is InChI=1S/C13H19NO4/c1-5-14(18-6-2)11-8-12(16-3)10(9-15)7-13(11)17-4/h7-9H,5-6H2,1-4H3. The highest BCUT2D eigenvalue weighted by molar-refractivity contribution is 5.83. The van der Waals surface area contributed by atoms with E-state index in [4.69, 9.17) is 14.3 Å². The number of carbonyl (C=O) groups is 1. The van der Waals surface area contributed by atoms with Crippen LogP contribution in [-0.4, -0.2) is 33.7 Å². The molecule has 0 atom stereocenters. The first-order valence-corrected chi connectivity index (χ1v) is 5.83. The molecule has 1 rings (SSSR count). The third kappa shape index (κ3) is 2.92. The Morgan fingerprint density at radius 1 is 1.17 bits per heavy atom. The summed E-state index contributed by atoms with van der Waals surface area (Å²) < 4.78 is 10.5. The van der Waals surface area contributed by atoms with E-state index < -0.39 is 0 Å². The highest BCUT2D eigenvalue weighted by atomic mass is 16.7. The van der Waals surface area contributed by atoms with Gasteiger partial charge in [-0.3, -0.25) is 14.7 Å². The van der Waals surface area contributed by atoms with E-state index in [1.54, 1.807) is 24.3 Å². The zero-order chi connectivity index (χ0) is 13.5. The number of methoxy groups -OCH3 is 2. The average Bonchev–Trinajstić information content (AvgIpc) is 2.43. The van der Waals surface area contributed by atoms with Gasteiger partial charge in [-0.05, 0) is 19.9 Å². The Morgan fingerprint density at radius 2 is 1.83 bits per heavy atom. The lowest BCUT2D eigenvalue weighted by Crippen LogP contribution is -2.23. The molecule has 0 spiro atoms. The third-order valence-corrected chi connectivity index (χ3v) is 2.50. The van der Waals surface area contributed by atoms with E-state index in [1.165, 1.54) is 7.11 Å². The third-order valence-electron chi connectivity index (χ3n) is 2.50. The van der Waals surface area contributed by atoms with Gasteiger partial charge in [-0.1, -0.05) is 0 Å². The van der Waals surface area contributed by atoms with Gasteiger partial charge in [0, 0.05) is 12.6 Å². The first-order chi connectivity index (χ1) is 8.71. The summed E-state index contributed by atoms with van der Waals surface area (Å²) in [5.41, 5.74) is 1.19. The summed E-state index contributed by atoms with van der Waals surface area (Å²) in [5, 5.41) is 1.70. The lowest BCUT2D eigenvalue weighted by Gasteiger charge is -2.24. The van der Waals surface area contributed by atoms with Gasteiger partial charge in [-0.15, -0.1) is 0 Å². The number of anilines is 1. The molecule has 0 aliphatic heterocycles. The highest BCUT2D eigenvalue weighted by Crippen LogP contribution is 2.34. The molecule has 0 radical (unpaired) electrons. The number of nitrogens with zero attached hydrogens (tertiary/aromatic N) is 1. The Bertz CT molecular complexity index is 406. The van der Waals surface area contributed by atoms with Crippen molar-refractivity contribution in [2.24, 2.45) is 0 Å². The molecule has 0 fully saturated rings. The van der Waals surface area contributed by atoms with Gasteiger partial charge in [0.15, 0.2) is 6.29 Å². The van der Waals surface area contributed by atoms with Crippen molar-refractivity contribution in [1.82, 2.24) is 0 Å². The molecule has 0 heterocycles. The zero-order valence-corrected chi connectivity index (χ0v) is 11.2. The van der Waals surface area contributed by atoms with E-state index in [1.807, 2.05) is 13.8 Å². The fraction of sp³-hybridized carbons (Fsp3) is 0.462. The van der Waals surface area contributed by atoms with E-state index in [0.29, 0.717) is 30.2 Å². The average molecular weight is 253 g/mol. The number of benzene rings is 1. The molecule has 5 nitrogen and oxygen atoms in total. The largest absolute Gasteiger partial charge is 0.496 e. The van der Waals surface area contributed by atoms with Gasteiger partial charge >= 0.3 is 0 Å². The summed E-state index contributed by atoms with van der Waals surface area (Å²) in [6, 6.07) is 3.38. The Balaban J connectivity index is 3.27. The molecule has 0 saturated carbocycles. The maximum Gasteiger partial charge on any atom is 0.153 e. The van der Waals surface area contributed by atoms with Crippen LogP contribution in [-0.2, 0) is 4.84 Å². The first-order valence-electron chi connectivity index (χ1n) is 5.83. The predicted molar refractivity (Wildman–Crippen MR) is 69.6 cm³/mol. The number of ether oxygens (including phenoxy) is 2. The smallest absolute Gasteiger partial charge is 0.153 e. The fourth-order valence-electron chi connectivity index (χ4n) is 1.68. The van der Waals surface area contributed by atoms with Crippen LogP contribution in [0.1, 0.15) is 24.2 Å². The van der Waals surface area contributed by atoms with Crippen molar-refractivity contribution in [3.63, 3.8) is 0 Å². The van der Waals surface area contributed by atoms with Gasteiger partial charge in [0.2, 0.25) is 0 Å². The second-order valence-corrected chi connectivity index (χ2v) is 3.50. The number of hydrogen-bond donors (Lipinski definition) is 0. The maximum atomic E-state index is 11.0. The van der Waals surface area contributed by atoms with Crippen LogP contribution in [0, 0.1) is 0 Å². The van der Waals surface area contributed by atoms with Crippen LogP contribution in [0.3, 0.4) is 0 Å². The normalized spacial score (nSPS) is 10.0. The Morgan fingerprint density at radius 3 is 2.28 bits per heavy atom. The highest BCUT2D eigenvalue weighted by Gasteiger charge is 2.15. The second-order valence-electron chi connectivity index (χ2n) is 3.50. The molecule has 0 bridgehead atoms. The molecule has 1 aromatic carbocycles. The zero-order valence-electron chi connectivity index (χ0n) is 11.2. The summed E-state index contributed by atoms with van der Waals surface area (Å²) in [5.74, 6) is 1.08. The van der Waals surface area contributed by atoms with Crippen LogP contribution >= 0.6 is 0 Å². The molecule has 0 saturated heterocycles. The lowest BCUT2D eigenvalue weighted by molar-refractivity contribution is 0.111. The molecule has 0 aromatic heterocycles. The minimum absolute atomic E-state index is 0.450. The maximum absolute atomic E-state index is 11.0. The summed E-state index contributed by atoms with van der Waals surface area (Å²) in [6.45, 7) is 5.09. The van der Waals surface area contributed by atoms with E-state index in [0.717, 1.165) is 12.0 Å². The van der Waals surface area contributed by atoms with Crippen molar-refractivity contribution in [3.8, 4) is 11.5 Å². The first kappa shape index (κ1) is 14.3. The number of hydrogen-bond acceptors (Lipinski definition) is 5. The number of aldehydes is 1. The minimum atomic E-state index is 0.450. The lowest BCUT2D eigenvalue weighted by atomic mass is 10.1. The molecule has 1 aromatic rings. The molecular weight excluding hydrogens is 234 g/mol. The van der Waals surface area contributed by atoms with Crippen LogP contribution in [0.15, 0.2) is 12.1 Å². The van der Waals surface area contributed by atoms with Gasteiger partial charge in [0.1, 0.15) is 17.2 Å². The Kier molecular flexibility index (Phi) is 5.45. The molecule has 5 heteroatoms. The molecule has 0 aliphatic rings. The second kappa shape index (κ2) is 6.86. The Hall–Kier alpha value is -1.75. The van der Waals surface area contributed by atoms with Crippen molar-refractivity contribution in [2.75, 3.05) is 32.4 Å². The summed E-state index contributed by atoms with van der Waals surface area (Å²) in [6.07, 6.45) is 0.738. The van der Waals surface area contributed by atoms with E-state index in [-0.39, 0.29) is 0 Å². The van der Waals surface area contributed by atoms with E-state index >= 15 is 0 Å². The molecule has 100 valence electrons. The fourth-order valence-corrected chi connectivity index (χ4v) is 1.68. The number of rotatable bonds is 7. The summed E-state index contributed by atoms with van der Waals surface area (Å²) >= 11 is 0. The SMILES string of the molecule is CCON(CC)c1cc(OC)c(C=O)cc1OC. The van der Waals surface area contributed by atoms with Crippen LogP contribution < -0.4 is 14.5 Å². The van der Waals surface area contributed by atoms with Crippen LogP contribution in [0.4, 0.5) is 5.69 Å². The van der Waals surface area contributed by atoms with E-state index in [2.05, 4.69) is 0 Å². The van der Waals surface area contributed by atoms with Crippen LogP contribution in [0.2, 0.25) is 0 Å². The van der Waals surface area contributed by atoms with Crippen LogP contribution in [0.5, 0.6) is 11.5 Å². The molecule has 18 heavy (non-hydrogen) atoms. The quantitative estimate of drug-likeness (QED) is 0.551. The molecule has 0 N–H and O–H groups in total. The van der Waals surface area contributed by atoms with Crippen molar-refractivity contribution >= 4 is 12.0 Å². The van der Waals surface area contributed by atoms with Gasteiger partial charge in [0.05, 0.1) is 26.4 Å².